The van der Waals surface area contributed by atoms with Gasteiger partial charge < -0.3 is 9.64 Å². The van der Waals surface area contributed by atoms with E-state index in [1.54, 1.807) is 12.4 Å². The third-order valence-electron chi connectivity index (χ3n) is 3.07. The van der Waals surface area contributed by atoms with Gasteiger partial charge in [-0.2, -0.15) is 0 Å². The van der Waals surface area contributed by atoms with Crippen LogP contribution in [0.2, 0.25) is 0 Å². The first kappa shape index (κ1) is 11.9. The summed E-state index contributed by atoms with van der Waals surface area (Å²) < 4.78 is 5.09. The van der Waals surface area contributed by atoms with Gasteiger partial charge in [-0.25, -0.2) is 0 Å². The SMILES string of the molecule is CCOC(=O)C1CCCN(c2ccncc2)C1. The Balaban J connectivity index is 2.00. The summed E-state index contributed by atoms with van der Waals surface area (Å²) in [6.07, 6.45) is 5.53. The second-order valence-corrected chi connectivity index (χ2v) is 4.24. The third kappa shape index (κ3) is 2.96. The Morgan fingerprint density at radius 2 is 2.29 bits per heavy atom. The largest absolute Gasteiger partial charge is 0.466 e. The normalized spacial score (nSPS) is 20.1. The maximum Gasteiger partial charge on any atom is 0.310 e. The van der Waals surface area contributed by atoms with Gasteiger partial charge in [0.1, 0.15) is 0 Å². The smallest absolute Gasteiger partial charge is 0.310 e. The molecule has 0 amide bonds. The standard InChI is InChI=1S/C13H18N2O2/c1-2-17-13(16)11-4-3-9-15(10-11)12-5-7-14-8-6-12/h5-8,11H,2-4,9-10H2,1H3. The quantitative estimate of drug-likeness (QED) is 0.749. The first-order valence-corrected chi connectivity index (χ1v) is 6.13. The molecule has 1 aromatic rings. The number of esters is 1. The summed E-state index contributed by atoms with van der Waals surface area (Å²) in [6, 6.07) is 3.96. The Kier molecular flexibility index (Phi) is 3.96. The minimum Gasteiger partial charge on any atom is -0.466 e. The van der Waals surface area contributed by atoms with E-state index >= 15 is 0 Å². The highest BCUT2D eigenvalue weighted by atomic mass is 16.5. The molecule has 1 atom stereocenters. The predicted molar refractivity (Wildman–Crippen MR) is 65.8 cm³/mol. The molecule has 0 bridgehead atoms. The first-order valence-electron chi connectivity index (χ1n) is 6.13. The maximum atomic E-state index is 11.7. The van der Waals surface area contributed by atoms with Crippen LogP contribution in [-0.2, 0) is 9.53 Å². The van der Waals surface area contributed by atoms with Crippen LogP contribution >= 0.6 is 0 Å². The number of hydrogen-bond donors (Lipinski definition) is 0. The number of aromatic nitrogens is 1. The van der Waals surface area contributed by atoms with Gasteiger partial charge >= 0.3 is 5.97 Å². The van der Waals surface area contributed by atoms with Crippen molar-refractivity contribution in [3.05, 3.63) is 24.5 Å². The summed E-state index contributed by atoms with van der Waals surface area (Å²) in [5.41, 5.74) is 1.13. The van der Waals surface area contributed by atoms with E-state index in [-0.39, 0.29) is 11.9 Å². The van der Waals surface area contributed by atoms with Gasteiger partial charge in [-0.3, -0.25) is 9.78 Å². The van der Waals surface area contributed by atoms with Crippen molar-refractivity contribution in [2.24, 2.45) is 5.92 Å². The van der Waals surface area contributed by atoms with Gasteiger partial charge in [0.05, 0.1) is 12.5 Å². The van der Waals surface area contributed by atoms with Crippen LogP contribution in [0.3, 0.4) is 0 Å². The second-order valence-electron chi connectivity index (χ2n) is 4.24. The van der Waals surface area contributed by atoms with Crippen LogP contribution in [0.5, 0.6) is 0 Å². The lowest BCUT2D eigenvalue weighted by Crippen LogP contribution is -2.39. The van der Waals surface area contributed by atoms with Crippen molar-refractivity contribution in [3.63, 3.8) is 0 Å². The number of nitrogens with zero attached hydrogens (tertiary/aromatic N) is 2. The summed E-state index contributed by atoms with van der Waals surface area (Å²) >= 11 is 0. The van der Waals surface area contributed by atoms with E-state index < -0.39 is 0 Å². The Labute approximate surface area is 102 Å². The van der Waals surface area contributed by atoms with Gasteiger partial charge in [0.2, 0.25) is 0 Å². The van der Waals surface area contributed by atoms with E-state index in [1.807, 2.05) is 19.1 Å². The molecule has 0 N–H and O–H groups in total. The number of rotatable bonds is 3. The topological polar surface area (TPSA) is 42.4 Å². The lowest BCUT2D eigenvalue weighted by molar-refractivity contribution is -0.148. The van der Waals surface area contributed by atoms with Gasteiger partial charge in [-0.15, -0.1) is 0 Å². The molecule has 0 saturated carbocycles. The molecule has 1 aliphatic heterocycles. The molecule has 1 aromatic heterocycles. The maximum absolute atomic E-state index is 11.7. The van der Waals surface area contributed by atoms with Gasteiger partial charge in [0.15, 0.2) is 0 Å². The highest BCUT2D eigenvalue weighted by molar-refractivity contribution is 5.73. The van der Waals surface area contributed by atoms with Crippen LogP contribution in [-0.4, -0.2) is 30.6 Å². The summed E-state index contributed by atoms with van der Waals surface area (Å²) in [7, 11) is 0. The monoisotopic (exact) mass is 234 g/mol. The zero-order valence-electron chi connectivity index (χ0n) is 10.1. The van der Waals surface area contributed by atoms with Crippen LogP contribution in [0, 0.1) is 5.92 Å². The lowest BCUT2D eigenvalue weighted by atomic mass is 9.98. The molecule has 0 aliphatic carbocycles. The summed E-state index contributed by atoms with van der Waals surface area (Å²) in [4.78, 5) is 17.9. The highest BCUT2D eigenvalue weighted by Crippen LogP contribution is 2.23. The van der Waals surface area contributed by atoms with Crippen molar-refractivity contribution in [1.29, 1.82) is 0 Å². The minimum absolute atomic E-state index is 0.0110. The predicted octanol–water partition coefficient (Wildman–Crippen LogP) is 1.86. The molecule has 0 aromatic carbocycles. The molecule has 92 valence electrons. The highest BCUT2D eigenvalue weighted by Gasteiger charge is 2.26. The lowest BCUT2D eigenvalue weighted by Gasteiger charge is -2.33. The van der Waals surface area contributed by atoms with Crippen LogP contribution in [0.25, 0.3) is 0 Å². The Morgan fingerprint density at radius 3 is 3.00 bits per heavy atom. The van der Waals surface area contributed by atoms with E-state index in [9.17, 15) is 4.79 Å². The number of hydrogen-bond acceptors (Lipinski definition) is 4. The molecule has 2 heterocycles. The Bertz CT molecular complexity index is 367. The Morgan fingerprint density at radius 1 is 1.53 bits per heavy atom. The molecule has 0 radical (unpaired) electrons. The molecule has 1 fully saturated rings. The number of piperidine rings is 1. The molecular formula is C13H18N2O2. The summed E-state index contributed by atoms with van der Waals surface area (Å²) in [5.74, 6) is -0.0527. The summed E-state index contributed by atoms with van der Waals surface area (Å²) in [5, 5.41) is 0. The molecule has 1 aliphatic rings. The molecule has 1 saturated heterocycles. The Hall–Kier alpha value is -1.58. The summed E-state index contributed by atoms with van der Waals surface area (Å²) in [6.45, 7) is 4.06. The fourth-order valence-corrected chi connectivity index (χ4v) is 2.22. The molecule has 4 heteroatoms. The second kappa shape index (κ2) is 5.66. The van der Waals surface area contributed by atoms with Crippen molar-refractivity contribution < 1.29 is 9.53 Å². The van der Waals surface area contributed by atoms with Crippen LogP contribution in [0.1, 0.15) is 19.8 Å². The molecular weight excluding hydrogens is 216 g/mol. The minimum atomic E-state index is -0.0637. The van der Waals surface area contributed by atoms with E-state index in [4.69, 9.17) is 4.74 Å². The van der Waals surface area contributed by atoms with Crippen molar-refractivity contribution in [2.75, 3.05) is 24.6 Å². The molecule has 2 rings (SSSR count). The number of anilines is 1. The molecule has 1 unspecified atom stereocenters. The van der Waals surface area contributed by atoms with Crippen LogP contribution < -0.4 is 4.90 Å². The number of pyridine rings is 1. The fraction of sp³-hybridized carbons (Fsp3) is 0.538. The fourth-order valence-electron chi connectivity index (χ4n) is 2.22. The molecule has 0 spiro atoms. The van der Waals surface area contributed by atoms with Gasteiger partial charge in [0.25, 0.3) is 0 Å². The average Bonchev–Trinajstić information content (AvgIpc) is 2.40. The number of carbonyl (C=O) groups is 1. The van der Waals surface area contributed by atoms with E-state index in [0.29, 0.717) is 6.61 Å². The zero-order valence-corrected chi connectivity index (χ0v) is 10.1. The van der Waals surface area contributed by atoms with Crippen LogP contribution in [0.4, 0.5) is 5.69 Å². The third-order valence-corrected chi connectivity index (χ3v) is 3.07. The van der Waals surface area contributed by atoms with Crippen molar-refractivity contribution in [3.8, 4) is 0 Å². The van der Waals surface area contributed by atoms with E-state index in [2.05, 4.69) is 9.88 Å². The molecule has 17 heavy (non-hydrogen) atoms. The van der Waals surface area contributed by atoms with Crippen molar-refractivity contribution >= 4 is 11.7 Å². The van der Waals surface area contributed by atoms with E-state index in [1.165, 1.54) is 0 Å². The first-order chi connectivity index (χ1) is 8.31. The van der Waals surface area contributed by atoms with E-state index in [0.717, 1.165) is 31.6 Å². The van der Waals surface area contributed by atoms with Crippen LogP contribution in [0.15, 0.2) is 24.5 Å². The van der Waals surface area contributed by atoms with Gasteiger partial charge in [-0.05, 0) is 31.9 Å². The van der Waals surface area contributed by atoms with Crippen molar-refractivity contribution in [2.45, 2.75) is 19.8 Å². The zero-order chi connectivity index (χ0) is 12.1. The van der Waals surface area contributed by atoms with Gasteiger partial charge in [-0.1, -0.05) is 0 Å². The molecule has 4 nitrogen and oxygen atoms in total. The van der Waals surface area contributed by atoms with Crippen molar-refractivity contribution in [1.82, 2.24) is 4.98 Å². The number of ether oxygens (including phenoxy) is 1. The number of carbonyl (C=O) groups excluding carboxylic acids is 1. The average molecular weight is 234 g/mol. The van der Waals surface area contributed by atoms with Gasteiger partial charge in [0, 0.05) is 31.2 Å².